The lowest BCUT2D eigenvalue weighted by Crippen LogP contribution is -2.60. The summed E-state index contributed by atoms with van der Waals surface area (Å²) >= 11 is 0. The predicted molar refractivity (Wildman–Crippen MR) is 153 cm³/mol. The van der Waals surface area contributed by atoms with Crippen LogP contribution in [0.2, 0.25) is 0 Å². The van der Waals surface area contributed by atoms with Crippen molar-refractivity contribution in [2.24, 2.45) is 11.7 Å². The zero-order chi connectivity index (χ0) is 30.9. The summed E-state index contributed by atoms with van der Waals surface area (Å²) in [6.07, 6.45) is -2.77. The number of ether oxygens (including phenoxy) is 3. The van der Waals surface area contributed by atoms with Gasteiger partial charge in [0.2, 0.25) is 6.29 Å². The maximum absolute atomic E-state index is 13.0. The molecule has 4 atom stereocenters. The molecule has 0 radical (unpaired) electrons. The normalized spacial score (nSPS) is 21.5. The van der Waals surface area contributed by atoms with Crippen LogP contribution in [0.4, 0.5) is 4.79 Å². The van der Waals surface area contributed by atoms with Crippen LogP contribution in [-0.2, 0) is 22.3 Å². The molecule has 2 aromatic carbocycles. The molecule has 4 rings (SSSR count). The summed E-state index contributed by atoms with van der Waals surface area (Å²) in [5.41, 5.74) is 5.05. The highest BCUT2D eigenvalue weighted by molar-refractivity contribution is 5.99. The Labute approximate surface area is 242 Å². The van der Waals surface area contributed by atoms with Crippen molar-refractivity contribution in [2.75, 3.05) is 0 Å². The molecule has 1 amide bonds. The number of primary amides is 1. The Morgan fingerprint density at radius 3 is 2.50 bits per heavy atom. The number of nitrogens with two attached hydrogens (primary N) is 1. The van der Waals surface area contributed by atoms with Crippen molar-refractivity contribution >= 4 is 22.8 Å². The molecule has 2 heterocycles. The van der Waals surface area contributed by atoms with Crippen LogP contribution in [0.5, 0.6) is 17.2 Å². The van der Waals surface area contributed by atoms with Crippen molar-refractivity contribution < 1.29 is 43.5 Å². The van der Waals surface area contributed by atoms with E-state index in [0.717, 1.165) is 5.57 Å². The lowest BCUT2D eigenvalue weighted by atomic mass is 9.82. The molecule has 5 N–H and O–H groups in total. The smallest absolute Gasteiger partial charge is 0.404 e. The van der Waals surface area contributed by atoms with E-state index in [2.05, 4.69) is 0 Å². The first-order chi connectivity index (χ1) is 19.7. The van der Waals surface area contributed by atoms with Gasteiger partial charge in [0.05, 0.1) is 16.6 Å². The number of phenols is 1. The van der Waals surface area contributed by atoms with Crippen LogP contribution in [-0.4, -0.2) is 51.3 Å². The molecule has 1 fully saturated rings. The van der Waals surface area contributed by atoms with Crippen LogP contribution < -0.4 is 16.1 Å². The second-order valence-corrected chi connectivity index (χ2v) is 11.2. The summed E-state index contributed by atoms with van der Waals surface area (Å²) in [6, 6.07) is 8.67. The topological polar surface area (TPSA) is 179 Å². The van der Waals surface area contributed by atoms with Gasteiger partial charge >= 0.3 is 11.7 Å². The van der Waals surface area contributed by atoms with E-state index >= 15 is 0 Å². The van der Waals surface area contributed by atoms with E-state index in [-0.39, 0.29) is 33.6 Å². The third kappa shape index (κ3) is 6.42. The quantitative estimate of drug-likeness (QED) is 0.172. The number of benzene rings is 2. The molecule has 224 valence electrons. The maximum Gasteiger partial charge on any atom is 0.404 e. The SMILES string of the molecule is CC(C)=CCc1cc(C(=O)Cc2c(O)c3ccc(OC4OC(C)(C)[C@H](C)[C@@H](OC(N)=O)[C@@H]4O)cc3oc2=O)ccc1O. The Bertz CT molecular complexity index is 1600. The van der Waals surface area contributed by atoms with E-state index in [0.29, 0.717) is 12.0 Å². The first-order valence-electron chi connectivity index (χ1n) is 13.4. The molecule has 1 aromatic heterocycles. The lowest BCUT2D eigenvalue weighted by molar-refractivity contribution is -0.283. The van der Waals surface area contributed by atoms with E-state index in [4.69, 9.17) is 24.4 Å². The molecule has 0 aliphatic carbocycles. The molecule has 11 heteroatoms. The predicted octanol–water partition coefficient (Wildman–Crippen LogP) is 4.11. The van der Waals surface area contributed by atoms with Gasteiger partial charge in [-0.25, -0.2) is 9.59 Å². The van der Waals surface area contributed by atoms with Gasteiger partial charge in [0.1, 0.15) is 28.9 Å². The fourth-order valence-corrected chi connectivity index (χ4v) is 4.79. The largest absolute Gasteiger partial charge is 0.508 e. The highest BCUT2D eigenvalue weighted by Gasteiger charge is 2.50. The van der Waals surface area contributed by atoms with E-state index < -0.39 is 59.7 Å². The second kappa shape index (κ2) is 11.9. The molecule has 0 bridgehead atoms. The van der Waals surface area contributed by atoms with Gasteiger partial charge in [-0.2, -0.15) is 0 Å². The molecule has 1 unspecified atom stereocenters. The van der Waals surface area contributed by atoms with Crippen molar-refractivity contribution in [3.63, 3.8) is 0 Å². The molecule has 1 aliphatic rings. The van der Waals surface area contributed by atoms with Gasteiger partial charge in [-0.3, -0.25) is 4.79 Å². The van der Waals surface area contributed by atoms with Crippen molar-refractivity contribution in [2.45, 2.75) is 71.6 Å². The number of carbonyl (C=O) groups is 2. The minimum atomic E-state index is -1.38. The monoisotopic (exact) mass is 581 g/mol. The van der Waals surface area contributed by atoms with Gasteiger partial charge in [0.15, 0.2) is 11.9 Å². The van der Waals surface area contributed by atoms with Crippen LogP contribution in [0.3, 0.4) is 0 Å². The minimum absolute atomic E-state index is 0.0253. The average molecular weight is 582 g/mol. The molecule has 0 spiro atoms. The third-order valence-electron chi connectivity index (χ3n) is 7.54. The zero-order valence-electron chi connectivity index (χ0n) is 24.0. The summed E-state index contributed by atoms with van der Waals surface area (Å²) in [6.45, 7) is 9.09. The Kier molecular flexibility index (Phi) is 8.65. The Hall–Kier alpha value is -4.35. The molecular weight excluding hydrogens is 546 g/mol. The fraction of sp³-hybridized carbons (Fsp3) is 0.387. The van der Waals surface area contributed by atoms with E-state index in [9.17, 15) is 29.7 Å². The van der Waals surface area contributed by atoms with Crippen molar-refractivity contribution in [3.05, 3.63) is 75.2 Å². The van der Waals surface area contributed by atoms with Crippen LogP contribution in [0, 0.1) is 5.92 Å². The van der Waals surface area contributed by atoms with Crippen molar-refractivity contribution in [1.29, 1.82) is 0 Å². The number of fused-ring (bicyclic) bond motifs is 1. The molecule has 1 aliphatic heterocycles. The fourth-order valence-electron chi connectivity index (χ4n) is 4.79. The number of aromatic hydroxyl groups is 2. The number of aliphatic hydroxyl groups excluding tert-OH is 1. The first-order valence-corrected chi connectivity index (χ1v) is 13.4. The van der Waals surface area contributed by atoms with E-state index in [1.807, 2.05) is 19.9 Å². The Morgan fingerprint density at radius 2 is 1.83 bits per heavy atom. The number of Topliss-reactive ketones (excluding diaryl/α,β-unsaturated/α-hetero) is 1. The van der Waals surface area contributed by atoms with Gasteiger partial charge in [-0.15, -0.1) is 0 Å². The standard InChI is InChI=1S/C31H35NO10/c1-15(2)6-7-17-12-18(8-11-22(17)33)23(34)14-21-25(35)20-10-9-19(13-24(20)40-28(21)37)39-29-26(36)27(41-30(32)38)16(3)31(4,5)42-29/h6,8-13,16,26-27,29,33,35-36H,7,14H2,1-5H3,(H2,32,38)/t16-,26+,27-,29?/m1/s1. The number of allylic oxidation sites excluding steroid dienone is 2. The first kappa shape index (κ1) is 30.6. The maximum atomic E-state index is 13.0. The summed E-state index contributed by atoms with van der Waals surface area (Å²) < 4.78 is 22.3. The number of carbonyl (C=O) groups excluding carboxylic acids is 2. The van der Waals surface area contributed by atoms with E-state index in [1.54, 1.807) is 26.8 Å². The number of phenolic OH excluding ortho intramolecular Hbond substituents is 1. The summed E-state index contributed by atoms with van der Waals surface area (Å²) in [5, 5.41) is 32.0. The van der Waals surface area contributed by atoms with Crippen LogP contribution >= 0.6 is 0 Å². The van der Waals surface area contributed by atoms with Gasteiger partial charge in [-0.1, -0.05) is 18.6 Å². The average Bonchev–Trinajstić information content (AvgIpc) is 2.91. The molecule has 0 saturated carbocycles. The van der Waals surface area contributed by atoms with Crippen LogP contribution in [0.15, 0.2) is 57.3 Å². The molecular formula is C31H35NO10. The number of hydrogen-bond donors (Lipinski definition) is 4. The highest BCUT2D eigenvalue weighted by Crippen LogP contribution is 2.37. The van der Waals surface area contributed by atoms with Crippen molar-refractivity contribution in [1.82, 2.24) is 0 Å². The molecule has 42 heavy (non-hydrogen) atoms. The molecule has 11 nitrogen and oxygen atoms in total. The third-order valence-corrected chi connectivity index (χ3v) is 7.54. The molecule has 1 saturated heterocycles. The van der Waals surface area contributed by atoms with Gasteiger partial charge in [0, 0.05) is 24.0 Å². The second-order valence-electron chi connectivity index (χ2n) is 11.2. The van der Waals surface area contributed by atoms with Gasteiger partial charge < -0.3 is 39.7 Å². The number of hydrogen-bond acceptors (Lipinski definition) is 10. The summed E-state index contributed by atoms with van der Waals surface area (Å²) in [4.78, 5) is 37.3. The number of ketones is 1. The highest BCUT2D eigenvalue weighted by atomic mass is 16.7. The van der Waals surface area contributed by atoms with E-state index in [1.165, 1.54) is 30.3 Å². The van der Waals surface area contributed by atoms with Gasteiger partial charge in [-0.05, 0) is 70.0 Å². The van der Waals surface area contributed by atoms with Crippen LogP contribution in [0.25, 0.3) is 11.0 Å². The number of rotatable bonds is 8. The van der Waals surface area contributed by atoms with Crippen molar-refractivity contribution in [3.8, 4) is 17.2 Å². The Morgan fingerprint density at radius 1 is 1.12 bits per heavy atom. The summed E-state index contributed by atoms with van der Waals surface area (Å²) in [5.74, 6) is -1.09. The molecule has 3 aromatic rings. The van der Waals surface area contributed by atoms with Crippen LogP contribution in [0.1, 0.15) is 56.1 Å². The summed E-state index contributed by atoms with van der Waals surface area (Å²) in [7, 11) is 0. The Balaban J connectivity index is 1.58. The lowest BCUT2D eigenvalue weighted by Gasteiger charge is -2.47. The number of amides is 1. The van der Waals surface area contributed by atoms with Gasteiger partial charge in [0.25, 0.3) is 0 Å². The minimum Gasteiger partial charge on any atom is -0.508 e. The number of aliphatic hydroxyl groups is 1. The zero-order valence-corrected chi connectivity index (χ0v) is 24.0.